The second-order valence-corrected chi connectivity index (χ2v) is 5.36. The maximum absolute atomic E-state index is 12.1. The molecule has 1 heterocycles. The molecule has 0 bridgehead atoms. The molecule has 0 saturated heterocycles. The summed E-state index contributed by atoms with van der Waals surface area (Å²) in [5, 5.41) is 3.09. The number of aryl methyl sites for hydroxylation is 1. The van der Waals surface area contributed by atoms with E-state index in [9.17, 15) is 4.79 Å². The molecule has 0 spiro atoms. The first-order chi connectivity index (χ1) is 9.49. The molecule has 0 atom stereocenters. The summed E-state index contributed by atoms with van der Waals surface area (Å²) in [4.78, 5) is 16.2. The van der Waals surface area contributed by atoms with E-state index in [-0.39, 0.29) is 5.91 Å². The lowest BCUT2D eigenvalue weighted by atomic mass is 10.2. The van der Waals surface area contributed by atoms with Crippen LogP contribution >= 0.6 is 27.5 Å². The molecule has 1 N–H and O–H groups in total. The van der Waals surface area contributed by atoms with Crippen molar-refractivity contribution in [1.29, 1.82) is 0 Å². The Kier molecular flexibility index (Phi) is 4.62. The zero-order valence-electron chi connectivity index (χ0n) is 10.9. The van der Waals surface area contributed by atoms with Crippen molar-refractivity contribution >= 4 is 39.1 Å². The van der Waals surface area contributed by atoms with Crippen LogP contribution in [0, 0.1) is 6.92 Å². The fourth-order valence-electron chi connectivity index (χ4n) is 1.71. The summed E-state index contributed by atoms with van der Waals surface area (Å²) >= 11 is 9.22. The van der Waals surface area contributed by atoms with E-state index in [0.717, 1.165) is 4.47 Å². The van der Waals surface area contributed by atoms with Crippen molar-refractivity contribution in [2.75, 3.05) is 12.4 Å². The number of benzene rings is 1. The quantitative estimate of drug-likeness (QED) is 0.845. The number of methoxy groups -OCH3 is 1. The molecule has 1 amide bonds. The van der Waals surface area contributed by atoms with Crippen LogP contribution in [0.3, 0.4) is 0 Å². The molecule has 104 valence electrons. The molecule has 20 heavy (non-hydrogen) atoms. The summed E-state index contributed by atoms with van der Waals surface area (Å²) in [5.41, 5.74) is 1.82. The average Bonchev–Trinajstić information content (AvgIpc) is 2.37. The molecule has 2 aromatic rings. The minimum atomic E-state index is -0.241. The third-order valence-corrected chi connectivity index (χ3v) is 3.41. The van der Waals surface area contributed by atoms with Gasteiger partial charge in [0, 0.05) is 16.9 Å². The number of amides is 1. The third-order valence-electron chi connectivity index (χ3n) is 2.59. The lowest BCUT2D eigenvalue weighted by Crippen LogP contribution is -2.12. The zero-order valence-corrected chi connectivity index (χ0v) is 13.2. The minimum Gasteiger partial charge on any atom is -0.496 e. The van der Waals surface area contributed by atoms with Crippen LogP contribution in [0.4, 0.5) is 5.69 Å². The number of ether oxygens (including phenoxy) is 1. The van der Waals surface area contributed by atoms with Gasteiger partial charge in [-0.2, -0.15) is 0 Å². The van der Waals surface area contributed by atoms with Crippen molar-refractivity contribution in [2.24, 2.45) is 0 Å². The Labute approximate surface area is 130 Å². The fraction of sp³-hybridized carbons (Fsp3) is 0.143. The smallest absolute Gasteiger partial charge is 0.255 e. The molecule has 0 fully saturated rings. The van der Waals surface area contributed by atoms with Crippen LogP contribution < -0.4 is 10.1 Å². The van der Waals surface area contributed by atoms with Crippen LogP contribution in [0.5, 0.6) is 5.75 Å². The van der Waals surface area contributed by atoms with E-state index in [0.29, 0.717) is 27.8 Å². The number of nitrogens with one attached hydrogen (secondary N) is 1. The van der Waals surface area contributed by atoms with Gasteiger partial charge in [0.15, 0.2) is 0 Å². The van der Waals surface area contributed by atoms with E-state index >= 15 is 0 Å². The van der Waals surface area contributed by atoms with Crippen LogP contribution in [-0.2, 0) is 0 Å². The first-order valence-electron chi connectivity index (χ1n) is 5.78. The highest BCUT2D eigenvalue weighted by molar-refractivity contribution is 9.10. The minimum absolute atomic E-state index is 0.241. The lowest BCUT2D eigenvalue weighted by Gasteiger charge is -2.09. The summed E-state index contributed by atoms with van der Waals surface area (Å²) < 4.78 is 5.90. The van der Waals surface area contributed by atoms with Gasteiger partial charge in [0.1, 0.15) is 10.9 Å². The Hall–Kier alpha value is -1.59. The molecule has 6 heteroatoms. The molecule has 1 aromatic heterocycles. The fourth-order valence-corrected chi connectivity index (χ4v) is 2.50. The standard InChI is InChI=1S/C14H12BrClN2O2/c1-8-5-9(6-13(16)17-8)14(19)18-10-3-4-12(20-2)11(15)7-10/h3-7H,1-2H3,(H,18,19). The highest BCUT2D eigenvalue weighted by atomic mass is 79.9. The van der Waals surface area contributed by atoms with Gasteiger partial charge in [-0.15, -0.1) is 0 Å². The van der Waals surface area contributed by atoms with Crippen LogP contribution in [0.1, 0.15) is 16.1 Å². The third kappa shape index (κ3) is 3.49. The molecular formula is C14H12BrClN2O2. The first kappa shape index (κ1) is 14.8. The van der Waals surface area contributed by atoms with Crippen molar-refractivity contribution < 1.29 is 9.53 Å². The second kappa shape index (κ2) is 6.24. The topological polar surface area (TPSA) is 51.2 Å². The van der Waals surface area contributed by atoms with Gasteiger partial charge in [-0.05, 0) is 53.2 Å². The summed E-state index contributed by atoms with van der Waals surface area (Å²) in [5.74, 6) is 0.459. The van der Waals surface area contributed by atoms with Gasteiger partial charge in [0.25, 0.3) is 5.91 Å². The number of pyridine rings is 1. The monoisotopic (exact) mass is 354 g/mol. The average molecular weight is 356 g/mol. The van der Waals surface area contributed by atoms with Crippen molar-refractivity contribution in [2.45, 2.75) is 6.92 Å². The van der Waals surface area contributed by atoms with Crippen molar-refractivity contribution in [3.8, 4) is 5.75 Å². The number of hydrogen-bond acceptors (Lipinski definition) is 3. The number of carbonyl (C=O) groups excluding carboxylic acids is 1. The molecular weight excluding hydrogens is 344 g/mol. The Morgan fingerprint density at radius 3 is 2.70 bits per heavy atom. The molecule has 0 aliphatic heterocycles. The lowest BCUT2D eigenvalue weighted by molar-refractivity contribution is 0.102. The summed E-state index contributed by atoms with van der Waals surface area (Å²) in [7, 11) is 1.58. The second-order valence-electron chi connectivity index (χ2n) is 4.12. The molecule has 2 rings (SSSR count). The van der Waals surface area contributed by atoms with Crippen molar-refractivity contribution in [3.05, 3.63) is 51.2 Å². The number of hydrogen-bond donors (Lipinski definition) is 1. The molecule has 0 radical (unpaired) electrons. The molecule has 0 saturated carbocycles. The molecule has 0 unspecified atom stereocenters. The normalized spacial score (nSPS) is 10.2. The van der Waals surface area contributed by atoms with E-state index < -0.39 is 0 Å². The summed E-state index contributed by atoms with van der Waals surface area (Å²) in [6.45, 7) is 1.78. The maximum Gasteiger partial charge on any atom is 0.255 e. The maximum atomic E-state index is 12.1. The van der Waals surface area contributed by atoms with Crippen LogP contribution in [-0.4, -0.2) is 18.0 Å². The first-order valence-corrected chi connectivity index (χ1v) is 6.96. The number of nitrogens with zero attached hydrogens (tertiary/aromatic N) is 1. The van der Waals surface area contributed by atoms with Crippen LogP contribution in [0.25, 0.3) is 0 Å². The number of aromatic nitrogens is 1. The summed E-state index contributed by atoms with van der Waals surface area (Å²) in [6.07, 6.45) is 0. The van der Waals surface area contributed by atoms with Gasteiger partial charge < -0.3 is 10.1 Å². The van der Waals surface area contributed by atoms with Gasteiger partial charge in [-0.3, -0.25) is 4.79 Å². The number of rotatable bonds is 3. The van der Waals surface area contributed by atoms with E-state index in [4.69, 9.17) is 16.3 Å². The molecule has 0 aliphatic carbocycles. The Morgan fingerprint density at radius 2 is 2.10 bits per heavy atom. The number of halogens is 2. The van der Waals surface area contributed by atoms with Crippen LogP contribution in [0.2, 0.25) is 5.15 Å². The van der Waals surface area contributed by atoms with Gasteiger partial charge in [0.2, 0.25) is 0 Å². The Bertz CT molecular complexity index is 641. The van der Waals surface area contributed by atoms with Crippen LogP contribution in [0.15, 0.2) is 34.8 Å². The number of carbonyl (C=O) groups is 1. The van der Waals surface area contributed by atoms with E-state index in [1.165, 1.54) is 6.07 Å². The zero-order chi connectivity index (χ0) is 14.7. The Morgan fingerprint density at radius 1 is 1.35 bits per heavy atom. The SMILES string of the molecule is COc1ccc(NC(=O)c2cc(C)nc(Cl)c2)cc1Br. The van der Waals surface area contributed by atoms with Gasteiger partial charge >= 0.3 is 0 Å². The van der Waals surface area contributed by atoms with Crippen molar-refractivity contribution in [3.63, 3.8) is 0 Å². The number of anilines is 1. The van der Waals surface area contributed by atoms with E-state index in [1.54, 1.807) is 38.3 Å². The predicted molar refractivity (Wildman–Crippen MR) is 82.6 cm³/mol. The molecule has 0 aliphatic rings. The van der Waals surface area contributed by atoms with E-state index in [2.05, 4.69) is 26.2 Å². The largest absolute Gasteiger partial charge is 0.496 e. The highest BCUT2D eigenvalue weighted by Gasteiger charge is 2.09. The Balaban J connectivity index is 2.21. The van der Waals surface area contributed by atoms with Crippen molar-refractivity contribution in [1.82, 2.24) is 4.98 Å². The van der Waals surface area contributed by atoms with Gasteiger partial charge in [-0.1, -0.05) is 11.6 Å². The highest BCUT2D eigenvalue weighted by Crippen LogP contribution is 2.28. The van der Waals surface area contributed by atoms with Gasteiger partial charge in [-0.25, -0.2) is 4.98 Å². The summed E-state index contributed by atoms with van der Waals surface area (Å²) in [6, 6.07) is 8.51. The molecule has 4 nitrogen and oxygen atoms in total. The molecule has 1 aromatic carbocycles. The van der Waals surface area contributed by atoms with Gasteiger partial charge in [0.05, 0.1) is 11.6 Å². The van der Waals surface area contributed by atoms with E-state index in [1.807, 2.05) is 0 Å². The predicted octanol–water partition coefficient (Wildman–Crippen LogP) is 4.07.